The summed E-state index contributed by atoms with van der Waals surface area (Å²) in [5.74, 6) is 0. The van der Waals surface area contributed by atoms with E-state index in [1.165, 1.54) is 11.1 Å². The van der Waals surface area contributed by atoms with E-state index in [4.69, 9.17) is 12.2 Å². The van der Waals surface area contributed by atoms with Crippen molar-refractivity contribution in [3.05, 3.63) is 114 Å². The number of nitrogens with one attached hydrogen (secondary N) is 1. The van der Waals surface area contributed by atoms with Crippen molar-refractivity contribution in [2.45, 2.75) is 25.9 Å². The first-order valence-electron chi connectivity index (χ1n) is 10.4. The average Bonchev–Trinajstić information content (AvgIpc) is 3.39. The molecular formula is C26H24N4S. The molecule has 4 aromatic rings. The summed E-state index contributed by atoms with van der Waals surface area (Å²) in [7, 11) is 0. The minimum Gasteiger partial charge on any atom is -0.351 e. The van der Waals surface area contributed by atoms with Gasteiger partial charge in [0.2, 0.25) is 0 Å². The van der Waals surface area contributed by atoms with Crippen LogP contribution in [0, 0.1) is 13.8 Å². The molecule has 4 nitrogen and oxygen atoms in total. The number of anilines is 1. The van der Waals surface area contributed by atoms with Gasteiger partial charge in [-0.05, 0) is 80.2 Å². The number of aromatic nitrogens is 2. The second-order valence-electron chi connectivity index (χ2n) is 7.97. The van der Waals surface area contributed by atoms with Gasteiger partial charge in [0.1, 0.15) is 6.04 Å². The van der Waals surface area contributed by atoms with Crippen molar-refractivity contribution >= 4 is 23.0 Å². The number of nitrogens with zero attached hydrogens (tertiary/aromatic N) is 3. The minimum absolute atomic E-state index is 0.0411. The SMILES string of the molecule is Cc1ccc(N2C(=S)N[C@@H](c3ccccn3)[C@@H]2c2cccn2-c2cccc(C)c2)cc1. The molecule has 0 amide bonds. The highest BCUT2D eigenvalue weighted by Gasteiger charge is 2.42. The third-order valence-corrected chi connectivity index (χ3v) is 6.09. The molecule has 0 saturated carbocycles. The first kappa shape index (κ1) is 19.5. The minimum atomic E-state index is -0.0616. The number of benzene rings is 2. The van der Waals surface area contributed by atoms with Gasteiger partial charge in [-0.15, -0.1) is 0 Å². The van der Waals surface area contributed by atoms with Crippen LogP contribution >= 0.6 is 12.2 Å². The van der Waals surface area contributed by atoms with E-state index in [1.54, 1.807) is 0 Å². The normalized spacial score (nSPS) is 18.3. The van der Waals surface area contributed by atoms with Crippen LogP contribution in [0.2, 0.25) is 0 Å². The van der Waals surface area contributed by atoms with Crippen LogP contribution in [0.1, 0.15) is 34.6 Å². The Balaban J connectivity index is 1.67. The van der Waals surface area contributed by atoms with Crippen LogP contribution in [0.5, 0.6) is 0 Å². The number of rotatable bonds is 4. The Morgan fingerprint density at radius 1 is 0.839 bits per heavy atom. The molecule has 5 heteroatoms. The van der Waals surface area contributed by atoms with Crippen molar-refractivity contribution in [1.82, 2.24) is 14.9 Å². The quantitative estimate of drug-likeness (QED) is 0.428. The molecular weight excluding hydrogens is 400 g/mol. The van der Waals surface area contributed by atoms with Crippen molar-refractivity contribution in [2.24, 2.45) is 0 Å². The van der Waals surface area contributed by atoms with Crippen molar-refractivity contribution in [2.75, 3.05) is 4.90 Å². The van der Waals surface area contributed by atoms with Crippen LogP contribution < -0.4 is 10.2 Å². The second kappa shape index (κ2) is 8.00. The summed E-state index contributed by atoms with van der Waals surface area (Å²) in [6.45, 7) is 4.22. The molecule has 3 heterocycles. The van der Waals surface area contributed by atoms with Crippen LogP contribution in [-0.2, 0) is 0 Å². The molecule has 0 unspecified atom stereocenters. The van der Waals surface area contributed by atoms with Gasteiger partial charge in [-0.3, -0.25) is 4.98 Å². The maximum Gasteiger partial charge on any atom is 0.174 e. The van der Waals surface area contributed by atoms with Gasteiger partial charge in [-0.1, -0.05) is 35.9 Å². The van der Waals surface area contributed by atoms with Gasteiger partial charge in [0.25, 0.3) is 0 Å². The van der Waals surface area contributed by atoms with Crippen LogP contribution in [0.4, 0.5) is 5.69 Å². The molecule has 1 aliphatic heterocycles. The molecule has 1 aliphatic rings. The van der Waals surface area contributed by atoms with Gasteiger partial charge in [0.15, 0.2) is 5.11 Å². The number of hydrogen-bond donors (Lipinski definition) is 1. The first-order valence-corrected chi connectivity index (χ1v) is 10.8. The topological polar surface area (TPSA) is 33.1 Å². The summed E-state index contributed by atoms with van der Waals surface area (Å²) < 4.78 is 2.25. The lowest BCUT2D eigenvalue weighted by molar-refractivity contribution is 0.549. The zero-order valence-corrected chi connectivity index (χ0v) is 18.4. The predicted molar refractivity (Wildman–Crippen MR) is 130 cm³/mol. The maximum absolute atomic E-state index is 5.84. The van der Waals surface area contributed by atoms with E-state index in [9.17, 15) is 0 Å². The van der Waals surface area contributed by atoms with E-state index in [2.05, 4.69) is 107 Å². The fourth-order valence-electron chi connectivity index (χ4n) is 4.29. The third-order valence-electron chi connectivity index (χ3n) is 5.77. The molecule has 2 aromatic heterocycles. The monoisotopic (exact) mass is 424 g/mol. The Hall–Kier alpha value is -3.44. The number of hydrogen-bond acceptors (Lipinski definition) is 2. The Labute approximate surface area is 188 Å². The van der Waals surface area contributed by atoms with Crippen molar-refractivity contribution in [3.8, 4) is 5.69 Å². The molecule has 0 spiro atoms. The Morgan fingerprint density at radius 2 is 1.68 bits per heavy atom. The molecule has 0 bridgehead atoms. The summed E-state index contributed by atoms with van der Waals surface area (Å²) in [6.07, 6.45) is 3.96. The predicted octanol–water partition coefficient (Wildman–Crippen LogP) is 5.67. The lowest BCUT2D eigenvalue weighted by atomic mass is 10.0. The van der Waals surface area contributed by atoms with Crippen molar-refractivity contribution in [1.29, 1.82) is 0 Å². The fourth-order valence-corrected chi connectivity index (χ4v) is 4.63. The van der Waals surface area contributed by atoms with E-state index < -0.39 is 0 Å². The van der Waals surface area contributed by atoms with E-state index >= 15 is 0 Å². The number of aryl methyl sites for hydroxylation is 2. The molecule has 0 aliphatic carbocycles. The molecule has 5 rings (SSSR count). The standard InChI is InChI=1S/C26H24N4S/c1-18-11-13-20(14-12-18)30-25(24(28-26(30)31)22-9-3-4-15-27-22)23-10-6-16-29(23)21-8-5-7-19(2)17-21/h3-17,24-25H,1-2H3,(H,28,31)/t24-,25-/m0/s1. The molecule has 1 N–H and O–H groups in total. The zero-order valence-electron chi connectivity index (χ0n) is 17.6. The summed E-state index contributed by atoms with van der Waals surface area (Å²) in [5, 5.41) is 4.25. The highest BCUT2D eigenvalue weighted by atomic mass is 32.1. The van der Waals surface area contributed by atoms with Gasteiger partial charge in [0.05, 0.1) is 11.7 Å². The fraction of sp³-hybridized carbons (Fsp3) is 0.154. The van der Waals surface area contributed by atoms with Gasteiger partial charge in [-0.2, -0.15) is 0 Å². The van der Waals surface area contributed by atoms with Crippen LogP contribution in [-0.4, -0.2) is 14.7 Å². The molecule has 2 aromatic carbocycles. The van der Waals surface area contributed by atoms with E-state index in [-0.39, 0.29) is 12.1 Å². The number of pyridine rings is 1. The molecule has 31 heavy (non-hydrogen) atoms. The van der Waals surface area contributed by atoms with E-state index in [0.29, 0.717) is 5.11 Å². The van der Waals surface area contributed by atoms with Gasteiger partial charge >= 0.3 is 0 Å². The highest BCUT2D eigenvalue weighted by Crippen LogP contribution is 2.42. The Bertz CT molecular complexity index is 1210. The largest absolute Gasteiger partial charge is 0.351 e. The van der Waals surface area contributed by atoms with Gasteiger partial charge < -0.3 is 14.8 Å². The van der Waals surface area contributed by atoms with Crippen LogP contribution in [0.3, 0.4) is 0 Å². The third kappa shape index (κ3) is 3.62. The van der Waals surface area contributed by atoms with Crippen molar-refractivity contribution < 1.29 is 0 Å². The van der Waals surface area contributed by atoms with E-state index in [0.717, 1.165) is 22.8 Å². The van der Waals surface area contributed by atoms with Crippen LogP contribution in [0.25, 0.3) is 5.69 Å². The second-order valence-corrected chi connectivity index (χ2v) is 8.36. The Morgan fingerprint density at radius 3 is 2.42 bits per heavy atom. The summed E-state index contributed by atoms with van der Waals surface area (Å²) in [6, 6.07) is 27.3. The summed E-state index contributed by atoms with van der Waals surface area (Å²) >= 11 is 5.84. The summed E-state index contributed by atoms with van der Waals surface area (Å²) in [4.78, 5) is 6.87. The molecule has 1 saturated heterocycles. The molecule has 2 atom stereocenters. The summed E-state index contributed by atoms with van der Waals surface area (Å²) in [5.41, 5.74) is 6.80. The lowest BCUT2D eigenvalue weighted by Gasteiger charge is -2.29. The van der Waals surface area contributed by atoms with Gasteiger partial charge in [0, 0.05) is 29.5 Å². The number of thiocarbonyl (C=S) groups is 1. The molecule has 1 fully saturated rings. The molecule has 154 valence electrons. The van der Waals surface area contributed by atoms with Crippen molar-refractivity contribution in [3.63, 3.8) is 0 Å². The van der Waals surface area contributed by atoms with E-state index in [1.807, 2.05) is 18.3 Å². The highest BCUT2D eigenvalue weighted by molar-refractivity contribution is 7.80. The van der Waals surface area contributed by atoms with Crippen LogP contribution in [0.15, 0.2) is 91.3 Å². The average molecular weight is 425 g/mol. The lowest BCUT2D eigenvalue weighted by Crippen LogP contribution is -2.30. The zero-order chi connectivity index (χ0) is 21.4. The first-order chi connectivity index (χ1) is 15.1. The smallest absolute Gasteiger partial charge is 0.174 e. The van der Waals surface area contributed by atoms with Gasteiger partial charge in [-0.25, -0.2) is 0 Å². The Kier molecular flexibility index (Phi) is 5.04. The molecule has 0 radical (unpaired) electrons. The maximum atomic E-state index is 5.84.